The Hall–Kier alpha value is -1.70. The van der Waals surface area contributed by atoms with Gasteiger partial charge >= 0.3 is 0 Å². The summed E-state index contributed by atoms with van der Waals surface area (Å²) >= 11 is 0. The third kappa shape index (κ3) is 3.90. The van der Waals surface area contributed by atoms with Crippen molar-refractivity contribution in [3.63, 3.8) is 0 Å². The zero-order valence-corrected chi connectivity index (χ0v) is 9.00. The van der Waals surface area contributed by atoms with Crippen molar-refractivity contribution in [3.05, 3.63) is 49.1 Å². The van der Waals surface area contributed by atoms with Gasteiger partial charge in [-0.3, -0.25) is 0 Å². The quantitative estimate of drug-likeness (QED) is 0.423. The highest BCUT2D eigenvalue weighted by Gasteiger charge is 1.96. The van der Waals surface area contributed by atoms with Crippen LogP contribution in [0, 0.1) is 0 Å². The van der Waals surface area contributed by atoms with E-state index in [9.17, 15) is 0 Å². The highest BCUT2D eigenvalue weighted by atomic mass is 14.9. The molecule has 1 rings (SSSR count). The Kier molecular flexibility index (Phi) is 4.48. The summed E-state index contributed by atoms with van der Waals surface area (Å²) in [6, 6.07) is 7.70. The highest BCUT2D eigenvalue weighted by Crippen LogP contribution is 2.11. The summed E-state index contributed by atoms with van der Waals surface area (Å²) in [5.41, 5.74) is 8.41. The zero-order chi connectivity index (χ0) is 11.1. The summed E-state index contributed by atoms with van der Waals surface area (Å²) in [6.45, 7) is 8.58. The molecule has 0 bridgehead atoms. The summed E-state index contributed by atoms with van der Waals surface area (Å²) in [5, 5.41) is 3.27. The van der Waals surface area contributed by atoms with Gasteiger partial charge in [-0.05, 0) is 30.5 Å². The van der Waals surface area contributed by atoms with Crippen molar-refractivity contribution in [2.45, 2.75) is 12.8 Å². The number of allylic oxidation sites excluding steroid dienone is 1. The van der Waals surface area contributed by atoms with Crippen LogP contribution in [0.15, 0.2) is 43.5 Å². The predicted octanol–water partition coefficient (Wildman–Crippen LogP) is 2.80. The molecular weight excluding hydrogens is 184 g/mol. The third-order valence-electron chi connectivity index (χ3n) is 2.18. The highest BCUT2D eigenvalue weighted by molar-refractivity contribution is 5.63. The van der Waals surface area contributed by atoms with E-state index in [0.29, 0.717) is 0 Å². The van der Waals surface area contributed by atoms with Gasteiger partial charge in [0.2, 0.25) is 0 Å². The van der Waals surface area contributed by atoms with Gasteiger partial charge in [0.15, 0.2) is 0 Å². The molecule has 3 N–H and O–H groups in total. The second-order valence-electron chi connectivity index (χ2n) is 3.46. The van der Waals surface area contributed by atoms with Crippen LogP contribution in [-0.4, -0.2) is 6.54 Å². The Balaban J connectivity index is 2.40. The van der Waals surface area contributed by atoms with Gasteiger partial charge in [0.1, 0.15) is 0 Å². The van der Waals surface area contributed by atoms with E-state index >= 15 is 0 Å². The Labute approximate surface area is 91.5 Å². The molecule has 15 heavy (non-hydrogen) atoms. The van der Waals surface area contributed by atoms with Crippen molar-refractivity contribution in [1.29, 1.82) is 0 Å². The van der Waals surface area contributed by atoms with Crippen LogP contribution in [0.3, 0.4) is 0 Å². The zero-order valence-electron chi connectivity index (χ0n) is 9.00. The SMILES string of the molecule is C=CCCCNC(=C)c1ccc(N)cc1. The molecule has 0 unspecified atom stereocenters. The molecule has 0 aliphatic heterocycles. The van der Waals surface area contributed by atoms with E-state index in [1.807, 2.05) is 30.3 Å². The number of unbranched alkanes of at least 4 members (excludes halogenated alkanes) is 1. The maximum absolute atomic E-state index is 5.61. The molecule has 0 spiro atoms. The van der Waals surface area contributed by atoms with Gasteiger partial charge in [-0.25, -0.2) is 0 Å². The van der Waals surface area contributed by atoms with Gasteiger partial charge in [0.05, 0.1) is 0 Å². The summed E-state index contributed by atoms with van der Waals surface area (Å²) < 4.78 is 0. The Morgan fingerprint density at radius 2 is 2.00 bits per heavy atom. The minimum atomic E-state index is 0.776. The van der Waals surface area contributed by atoms with Gasteiger partial charge in [0.25, 0.3) is 0 Å². The topological polar surface area (TPSA) is 38.0 Å². The first-order valence-corrected chi connectivity index (χ1v) is 5.13. The number of nitrogens with one attached hydrogen (secondary N) is 1. The average Bonchev–Trinajstić information content (AvgIpc) is 2.25. The summed E-state index contributed by atoms with van der Waals surface area (Å²) in [4.78, 5) is 0. The molecule has 0 aliphatic carbocycles. The second-order valence-corrected chi connectivity index (χ2v) is 3.46. The lowest BCUT2D eigenvalue weighted by molar-refractivity contribution is 0.777. The fourth-order valence-electron chi connectivity index (χ4n) is 1.27. The minimum absolute atomic E-state index is 0.776. The van der Waals surface area contributed by atoms with Crippen molar-refractivity contribution in [3.8, 4) is 0 Å². The molecule has 0 saturated carbocycles. The fraction of sp³-hybridized carbons (Fsp3) is 0.231. The average molecular weight is 202 g/mol. The smallest absolute Gasteiger partial charge is 0.0340 e. The third-order valence-corrected chi connectivity index (χ3v) is 2.18. The molecule has 1 aromatic carbocycles. The summed E-state index contributed by atoms with van der Waals surface area (Å²) in [7, 11) is 0. The van der Waals surface area contributed by atoms with Crippen molar-refractivity contribution >= 4 is 11.4 Å². The molecule has 0 saturated heterocycles. The maximum atomic E-state index is 5.61. The van der Waals surface area contributed by atoms with Crippen LogP contribution in [-0.2, 0) is 0 Å². The van der Waals surface area contributed by atoms with E-state index in [2.05, 4.69) is 18.5 Å². The van der Waals surface area contributed by atoms with Crippen molar-refractivity contribution < 1.29 is 0 Å². The van der Waals surface area contributed by atoms with E-state index in [4.69, 9.17) is 5.73 Å². The normalized spacial score (nSPS) is 9.60. The molecule has 80 valence electrons. The van der Waals surface area contributed by atoms with Crippen LogP contribution in [0.25, 0.3) is 5.70 Å². The first-order chi connectivity index (χ1) is 7.24. The van der Waals surface area contributed by atoms with Crippen molar-refractivity contribution in [1.82, 2.24) is 5.32 Å². The number of anilines is 1. The molecule has 0 aromatic heterocycles. The standard InChI is InChI=1S/C13H18N2/c1-3-4-5-10-15-11(2)12-6-8-13(14)9-7-12/h3,6-9,15H,1-2,4-5,10,14H2. The van der Waals surface area contributed by atoms with Crippen LogP contribution in [0.1, 0.15) is 18.4 Å². The number of benzene rings is 1. The molecule has 1 aromatic rings. The van der Waals surface area contributed by atoms with Gasteiger partial charge in [0, 0.05) is 17.9 Å². The molecule has 0 amide bonds. The molecule has 0 fully saturated rings. The van der Waals surface area contributed by atoms with Crippen LogP contribution < -0.4 is 11.1 Å². The predicted molar refractivity (Wildman–Crippen MR) is 67.3 cm³/mol. The lowest BCUT2D eigenvalue weighted by Crippen LogP contribution is -2.12. The molecule has 0 heterocycles. The maximum Gasteiger partial charge on any atom is 0.0340 e. The van der Waals surface area contributed by atoms with Crippen LogP contribution in [0.5, 0.6) is 0 Å². The Morgan fingerprint density at radius 1 is 1.33 bits per heavy atom. The van der Waals surface area contributed by atoms with E-state index in [1.54, 1.807) is 0 Å². The number of nitrogen functional groups attached to an aromatic ring is 1. The van der Waals surface area contributed by atoms with E-state index in [-0.39, 0.29) is 0 Å². The molecule has 0 radical (unpaired) electrons. The largest absolute Gasteiger partial charge is 0.399 e. The monoisotopic (exact) mass is 202 g/mol. The second kappa shape index (κ2) is 5.91. The molecule has 0 atom stereocenters. The van der Waals surface area contributed by atoms with Crippen LogP contribution in [0.2, 0.25) is 0 Å². The first kappa shape index (κ1) is 11.4. The number of hydrogen-bond acceptors (Lipinski definition) is 2. The molecule has 2 heteroatoms. The van der Waals surface area contributed by atoms with Crippen LogP contribution in [0.4, 0.5) is 5.69 Å². The summed E-state index contributed by atoms with van der Waals surface area (Å²) in [5.74, 6) is 0. The van der Waals surface area contributed by atoms with Gasteiger partial charge in [-0.2, -0.15) is 0 Å². The molecule has 0 aliphatic rings. The van der Waals surface area contributed by atoms with E-state index < -0.39 is 0 Å². The van der Waals surface area contributed by atoms with Crippen molar-refractivity contribution in [2.24, 2.45) is 0 Å². The van der Waals surface area contributed by atoms with Crippen molar-refractivity contribution in [2.75, 3.05) is 12.3 Å². The molecule has 2 nitrogen and oxygen atoms in total. The Bertz CT molecular complexity index is 325. The fourth-order valence-corrected chi connectivity index (χ4v) is 1.27. The summed E-state index contributed by atoms with van der Waals surface area (Å²) in [6.07, 6.45) is 4.03. The van der Waals surface area contributed by atoms with Gasteiger partial charge in [-0.1, -0.05) is 24.8 Å². The van der Waals surface area contributed by atoms with Gasteiger partial charge < -0.3 is 11.1 Å². The lowest BCUT2D eigenvalue weighted by atomic mass is 10.1. The number of rotatable bonds is 6. The molecular formula is C13H18N2. The number of hydrogen-bond donors (Lipinski definition) is 2. The van der Waals surface area contributed by atoms with E-state index in [1.165, 1.54) is 0 Å². The lowest BCUT2D eigenvalue weighted by Gasteiger charge is -2.09. The minimum Gasteiger partial charge on any atom is -0.399 e. The first-order valence-electron chi connectivity index (χ1n) is 5.13. The number of nitrogens with two attached hydrogens (primary N) is 1. The Morgan fingerprint density at radius 3 is 2.60 bits per heavy atom. The van der Waals surface area contributed by atoms with Crippen LogP contribution >= 0.6 is 0 Å². The van der Waals surface area contributed by atoms with Gasteiger partial charge in [-0.15, -0.1) is 6.58 Å². The van der Waals surface area contributed by atoms with E-state index in [0.717, 1.165) is 36.3 Å².